The van der Waals surface area contributed by atoms with Crippen LogP contribution in [0.15, 0.2) is 23.2 Å². The molecule has 1 aromatic rings. The lowest BCUT2D eigenvalue weighted by molar-refractivity contribution is 0.0200. The Bertz CT molecular complexity index is 501. The van der Waals surface area contributed by atoms with Gasteiger partial charge in [0.1, 0.15) is 10.0 Å². The molecule has 5 nitrogen and oxygen atoms in total. The van der Waals surface area contributed by atoms with Crippen LogP contribution in [0.4, 0.5) is 0 Å². The number of ether oxygens (including phenoxy) is 1. The number of halogens is 1. The van der Waals surface area contributed by atoms with E-state index in [1.54, 1.807) is 0 Å². The third-order valence-corrected chi connectivity index (χ3v) is 4.66. The van der Waals surface area contributed by atoms with Gasteiger partial charge in [-0.2, -0.15) is 0 Å². The molecular formula is C11H15ClN2O3S. The molecule has 1 N–H and O–H groups in total. The summed E-state index contributed by atoms with van der Waals surface area (Å²) >= 11 is 5.77. The van der Waals surface area contributed by atoms with Gasteiger partial charge >= 0.3 is 0 Å². The topological polar surface area (TPSA) is 68.3 Å². The minimum atomic E-state index is -3.61. The van der Waals surface area contributed by atoms with Crippen LogP contribution in [0.5, 0.6) is 0 Å². The lowest BCUT2D eigenvalue weighted by atomic mass is 10.1. The van der Waals surface area contributed by atoms with Gasteiger partial charge in [0, 0.05) is 19.3 Å². The van der Waals surface area contributed by atoms with Crippen LogP contribution in [0, 0.1) is 0 Å². The van der Waals surface area contributed by atoms with Crippen molar-refractivity contribution in [2.24, 2.45) is 0 Å². The van der Waals surface area contributed by atoms with Crippen LogP contribution < -0.4 is 4.72 Å². The Balaban J connectivity index is 2.01. The highest BCUT2D eigenvalue weighted by Crippen LogP contribution is 2.18. The monoisotopic (exact) mass is 290 g/mol. The first-order valence-electron chi connectivity index (χ1n) is 5.81. The summed E-state index contributed by atoms with van der Waals surface area (Å²) in [5, 5.41) is -0.0189. The van der Waals surface area contributed by atoms with E-state index in [2.05, 4.69) is 9.71 Å². The summed E-state index contributed by atoms with van der Waals surface area (Å²) in [6.45, 7) is 0.966. The summed E-state index contributed by atoms with van der Waals surface area (Å²) in [4.78, 5) is 3.76. The number of rotatable bonds is 4. The highest BCUT2D eigenvalue weighted by atomic mass is 35.5. The minimum absolute atomic E-state index is 0.00229. The van der Waals surface area contributed by atoms with Crippen LogP contribution in [0.1, 0.15) is 19.3 Å². The fourth-order valence-electron chi connectivity index (χ4n) is 1.82. The second kappa shape index (κ2) is 5.97. The predicted molar refractivity (Wildman–Crippen MR) is 68.0 cm³/mol. The van der Waals surface area contributed by atoms with Gasteiger partial charge in [-0.05, 0) is 31.4 Å². The largest absolute Gasteiger partial charge is 0.377 e. The molecule has 0 amide bonds. The molecule has 7 heteroatoms. The van der Waals surface area contributed by atoms with Gasteiger partial charge < -0.3 is 4.74 Å². The number of aromatic nitrogens is 1. The van der Waals surface area contributed by atoms with Crippen molar-refractivity contribution in [3.05, 3.63) is 23.5 Å². The first kappa shape index (κ1) is 13.7. The fraction of sp³-hybridized carbons (Fsp3) is 0.545. The number of hydrogen-bond donors (Lipinski definition) is 1. The molecule has 0 aliphatic carbocycles. The Morgan fingerprint density at radius 1 is 1.50 bits per heavy atom. The van der Waals surface area contributed by atoms with Gasteiger partial charge in [-0.25, -0.2) is 18.1 Å². The van der Waals surface area contributed by atoms with Crippen molar-refractivity contribution >= 4 is 21.6 Å². The molecule has 1 atom stereocenters. The second-order valence-corrected chi connectivity index (χ2v) is 6.23. The minimum Gasteiger partial charge on any atom is -0.377 e. The molecular weight excluding hydrogens is 276 g/mol. The van der Waals surface area contributed by atoms with E-state index in [4.69, 9.17) is 16.3 Å². The predicted octanol–water partition coefficient (Wildman–Crippen LogP) is 1.58. The van der Waals surface area contributed by atoms with Gasteiger partial charge in [0.05, 0.1) is 6.10 Å². The fourth-order valence-corrected chi connectivity index (χ4v) is 3.34. The second-order valence-electron chi connectivity index (χ2n) is 4.13. The van der Waals surface area contributed by atoms with Crippen LogP contribution in [0.25, 0.3) is 0 Å². The molecule has 0 radical (unpaired) electrons. The summed E-state index contributed by atoms with van der Waals surface area (Å²) < 4.78 is 32.0. The van der Waals surface area contributed by atoms with Crippen molar-refractivity contribution < 1.29 is 13.2 Å². The number of nitrogens with zero attached hydrogens (tertiary/aromatic N) is 1. The maximum Gasteiger partial charge on any atom is 0.243 e. The van der Waals surface area contributed by atoms with E-state index < -0.39 is 10.0 Å². The first-order valence-corrected chi connectivity index (χ1v) is 7.67. The smallest absolute Gasteiger partial charge is 0.243 e. The maximum atomic E-state index is 12.0. The Hall–Kier alpha value is -0.690. The Kier molecular flexibility index (Phi) is 4.55. The highest BCUT2D eigenvalue weighted by Gasteiger charge is 2.21. The number of pyridine rings is 1. The van der Waals surface area contributed by atoms with E-state index >= 15 is 0 Å². The van der Waals surface area contributed by atoms with Gasteiger partial charge in [-0.15, -0.1) is 0 Å². The zero-order valence-corrected chi connectivity index (χ0v) is 11.4. The standard InChI is InChI=1S/C11H15ClN2O3S/c12-11-10(5-3-6-13-11)18(15,16)14-8-9-4-1-2-7-17-9/h3,5-6,9,14H,1-2,4,7-8H2. The average Bonchev–Trinajstić information content (AvgIpc) is 2.38. The molecule has 0 bridgehead atoms. The zero-order chi connectivity index (χ0) is 13.0. The lowest BCUT2D eigenvalue weighted by Crippen LogP contribution is -2.35. The molecule has 1 saturated heterocycles. The first-order chi connectivity index (χ1) is 8.59. The summed E-state index contributed by atoms with van der Waals surface area (Å²) in [5.41, 5.74) is 0. The summed E-state index contributed by atoms with van der Waals surface area (Å²) in [6.07, 6.45) is 4.39. The number of nitrogens with one attached hydrogen (secondary N) is 1. The van der Waals surface area contributed by atoms with Crippen molar-refractivity contribution in [1.29, 1.82) is 0 Å². The third-order valence-electron chi connectivity index (χ3n) is 2.79. The molecule has 2 rings (SSSR count). The molecule has 1 aliphatic rings. The van der Waals surface area contributed by atoms with Gasteiger partial charge in [-0.3, -0.25) is 0 Å². The van der Waals surface area contributed by atoms with Crippen LogP contribution in [0.3, 0.4) is 0 Å². The Morgan fingerprint density at radius 2 is 2.33 bits per heavy atom. The van der Waals surface area contributed by atoms with Crippen LogP contribution >= 0.6 is 11.6 Å². The van der Waals surface area contributed by atoms with Crippen LogP contribution in [-0.4, -0.2) is 32.7 Å². The van der Waals surface area contributed by atoms with E-state index in [1.807, 2.05) is 0 Å². The van der Waals surface area contributed by atoms with Crippen molar-refractivity contribution in [3.63, 3.8) is 0 Å². The van der Waals surface area contributed by atoms with Crippen molar-refractivity contribution in [2.45, 2.75) is 30.3 Å². The van der Waals surface area contributed by atoms with Crippen LogP contribution in [-0.2, 0) is 14.8 Å². The quantitative estimate of drug-likeness (QED) is 0.855. The molecule has 0 spiro atoms. The lowest BCUT2D eigenvalue weighted by Gasteiger charge is -2.22. The normalized spacial score (nSPS) is 20.8. The zero-order valence-electron chi connectivity index (χ0n) is 9.80. The number of hydrogen-bond acceptors (Lipinski definition) is 4. The Labute approximate surface area is 112 Å². The third kappa shape index (κ3) is 3.41. The molecule has 1 fully saturated rings. The van der Waals surface area contributed by atoms with Crippen molar-refractivity contribution in [3.8, 4) is 0 Å². The van der Waals surface area contributed by atoms with E-state index in [9.17, 15) is 8.42 Å². The summed E-state index contributed by atoms with van der Waals surface area (Å²) in [7, 11) is -3.61. The van der Waals surface area contributed by atoms with E-state index in [0.29, 0.717) is 6.61 Å². The molecule has 1 aliphatic heterocycles. The van der Waals surface area contributed by atoms with Gasteiger partial charge in [0.2, 0.25) is 10.0 Å². The van der Waals surface area contributed by atoms with E-state index in [1.165, 1.54) is 18.3 Å². The molecule has 2 heterocycles. The van der Waals surface area contributed by atoms with E-state index in [0.717, 1.165) is 19.3 Å². The average molecular weight is 291 g/mol. The summed E-state index contributed by atoms with van der Waals surface area (Å²) in [6, 6.07) is 2.97. The maximum absolute atomic E-state index is 12.0. The molecule has 1 aromatic heterocycles. The highest BCUT2D eigenvalue weighted by molar-refractivity contribution is 7.89. The number of sulfonamides is 1. The summed E-state index contributed by atoms with van der Waals surface area (Å²) in [5.74, 6) is 0. The molecule has 100 valence electrons. The molecule has 0 aromatic carbocycles. The SMILES string of the molecule is O=S(=O)(NCC1CCCCO1)c1cccnc1Cl. The van der Waals surface area contributed by atoms with Gasteiger partial charge in [0.25, 0.3) is 0 Å². The van der Waals surface area contributed by atoms with E-state index in [-0.39, 0.29) is 22.7 Å². The Morgan fingerprint density at radius 3 is 3.00 bits per heavy atom. The van der Waals surface area contributed by atoms with Crippen molar-refractivity contribution in [1.82, 2.24) is 9.71 Å². The molecule has 1 unspecified atom stereocenters. The molecule has 18 heavy (non-hydrogen) atoms. The van der Waals surface area contributed by atoms with Crippen molar-refractivity contribution in [2.75, 3.05) is 13.2 Å². The van der Waals surface area contributed by atoms with Gasteiger partial charge in [0.15, 0.2) is 0 Å². The van der Waals surface area contributed by atoms with Crippen LogP contribution in [0.2, 0.25) is 5.15 Å². The molecule has 0 saturated carbocycles. The van der Waals surface area contributed by atoms with Gasteiger partial charge in [-0.1, -0.05) is 11.6 Å².